The van der Waals surface area contributed by atoms with Gasteiger partial charge in [0.05, 0.1) is 24.0 Å². The molecule has 3 aromatic rings. The fourth-order valence-corrected chi connectivity index (χ4v) is 11.1. The first-order valence-corrected chi connectivity index (χ1v) is 20.4. The minimum atomic E-state index is 0.0869. The maximum Gasteiger partial charge on any atom is 0.151 e. The Morgan fingerprint density at radius 1 is 0.750 bits per heavy atom. The van der Waals surface area contributed by atoms with Gasteiger partial charge < -0.3 is 4.74 Å². The predicted molar refractivity (Wildman–Crippen MR) is 215 cm³/mol. The lowest BCUT2D eigenvalue weighted by molar-refractivity contribution is -0.179. The first-order chi connectivity index (χ1) is 25.7. The number of nitrogens with zero attached hydrogens (tertiary/aromatic N) is 2. The highest BCUT2D eigenvalue weighted by Crippen LogP contribution is 2.60. The fraction of sp³-hybridized carbons (Fsp3) is 0.429. The van der Waals surface area contributed by atoms with E-state index in [4.69, 9.17) is 14.7 Å². The van der Waals surface area contributed by atoms with Crippen LogP contribution >= 0.6 is 0 Å². The van der Waals surface area contributed by atoms with Crippen LogP contribution in [0.15, 0.2) is 143 Å². The van der Waals surface area contributed by atoms with Crippen molar-refractivity contribution >= 4 is 11.5 Å². The molecule has 0 amide bonds. The molecule has 2 fully saturated rings. The molecule has 0 N–H and O–H groups in total. The van der Waals surface area contributed by atoms with Gasteiger partial charge in [-0.05, 0) is 103 Å². The van der Waals surface area contributed by atoms with Crippen LogP contribution in [-0.4, -0.2) is 23.8 Å². The van der Waals surface area contributed by atoms with Gasteiger partial charge in [0.1, 0.15) is 0 Å². The van der Waals surface area contributed by atoms with E-state index < -0.39 is 0 Å². The molecule has 9 atom stereocenters. The maximum atomic E-state index is 7.06. The first-order valence-electron chi connectivity index (χ1n) is 20.4. The Hall–Kier alpha value is -4.08. The monoisotopic (exact) mass is 686 g/mol. The summed E-state index contributed by atoms with van der Waals surface area (Å²) in [6.45, 7) is 2.43. The Bertz CT molecular complexity index is 1900. The molecule has 0 bridgehead atoms. The third-order valence-electron chi connectivity index (χ3n) is 13.5. The lowest BCUT2D eigenvalue weighted by atomic mass is 9.47. The zero-order valence-electron chi connectivity index (χ0n) is 30.8. The lowest BCUT2D eigenvalue weighted by Crippen LogP contribution is -2.62. The first kappa shape index (κ1) is 33.7. The molecule has 1 saturated heterocycles. The van der Waals surface area contributed by atoms with Crippen molar-refractivity contribution in [3.63, 3.8) is 0 Å². The van der Waals surface area contributed by atoms with E-state index in [1.165, 1.54) is 60.8 Å². The van der Waals surface area contributed by atoms with Crippen LogP contribution in [0.1, 0.15) is 112 Å². The van der Waals surface area contributed by atoms with E-state index in [0.29, 0.717) is 41.8 Å². The van der Waals surface area contributed by atoms with Crippen LogP contribution in [0.4, 0.5) is 0 Å². The van der Waals surface area contributed by atoms with E-state index in [1.807, 2.05) is 0 Å². The zero-order chi connectivity index (χ0) is 34.9. The van der Waals surface area contributed by atoms with Gasteiger partial charge in [0, 0.05) is 17.3 Å². The van der Waals surface area contributed by atoms with Crippen LogP contribution in [0.2, 0.25) is 0 Å². The summed E-state index contributed by atoms with van der Waals surface area (Å²) in [5.41, 5.74) is 7.88. The maximum absolute atomic E-state index is 7.06. The number of hydrogen-bond donors (Lipinski definition) is 0. The van der Waals surface area contributed by atoms with Crippen molar-refractivity contribution in [2.45, 2.75) is 107 Å². The van der Waals surface area contributed by atoms with Gasteiger partial charge in [0.2, 0.25) is 0 Å². The molecule has 0 spiro atoms. The molecular formula is C49H54N2O. The number of hydrogen-bond acceptors (Lipinski definition) is 3. The minimum Gasteiger partial charge on any atom is -0.374 e. The van der Waals surface area contributed by atoms with E-state index in [0.717, 1.165) is 43.7 Å². The number of fused-ring (bicyclic) bond motifs is 2. The zero-order valence-corrected chi connectivity index (χ0v) is 30.8. The molecule has 0 radical (unpaired) electrons. The summed E-state index contributed by atoms with van der Waals surface area (Å²) < 4.78 is 7.06. The summed E-state index contributed by atoms with van der Waals surface area (Å²) in [5, 5.41) is 0. The van der Waals surface area contributed by atoms with Gasteiger partial charge in [0.15, 0.2) is 5.84 Å². The van der Waals surface area contributed by atoms with Crippen molar-refractivity contribution < 1.29 is 4.74 Å². The van der Waals surface area contributed by atoms with Crippen molar-refractivity contribution in [2.75, 3.05) is 0 Å². The summed E-state index contributed by atoms with van der Waals surface area (Å²) in [6, 6.07) is 31.7. The van der Waals surface area contributed by atoms with Gasteiger partial charge in [-0.2, -0.15) is 0 Å². The minimum absolute atomic E-state index is 0.0869. The van der Waals surface area contributed by atoms with Crippen molar-refractivity contribution in [3.05, 3.63) is 155 Å². The summed E-state index contributed by atoms with van der Waals surface area (Å²) >= 11 is 0. The molecule has 2 heterocycles. The number of rotatable bonds is 6. The SMILES string of the molecule is CC1C=CCC(C2(c3ccc(C4=NC(C5=CC=CC(c6ccccc6)C5)=NC(c5ccccc5)CC4)cc3)C3C=CCCC3OC3CCCCC32)C1. The topological polar surface area (TPSA) is 34.0 Å². The Kier molecular flexibility index (Phi) is 9.56. The standard InChI is InChI=1S/C49H54N2O/c1-34-14-12-21-41(32-34)49(42-22-8-10-24-46(42)52-47-25-11-9-23-43(47)49)40-28-26-37(27-29-40)45-31-30-44(36-17-6-3-7-18-36)50-48(51-45)39-20-13-19-38(33-39)35-15-4-2-5-16-35/h2-8,12-20,22,26-29,34,38,41-44,46-47H,9-11,21,23-25,30-33H2,1H3. The highest BCUT2D eigenvalue weighted by Gasteiger charge is 2.59. The van der Waals surface area contributed by atoms with E-state index >= 15 is 0 Å². The summed E-state index contributed by atoms with van der Waals surface area (Å²) in [6.07, 6.45) is 30.1. The van der Waals surface area contributed by atoms with Gasteiger partial charge in [-0.15, -0.1) is 0 Å². The fourth-order valence-electron chi connectivity index (χ4n) is 11.1. The predicted octanol–water partition coefficient (Wildman–Crippen LogP) is 11.8. The molecule has 3 nitrogen and oxygen atoms in total. The second-order valence-corrected chi connectivity index (χ2v) is 16.5. The molecular weight excluding hydrogens is 633 g/mol. The molecule has 6 aliphatic rings. The molecule has 9 rings (SSSR count). The smallest absolute Gasteiger partial charge is 0.151 e. The van der Waals surface area contributed by atoms with E-state index in [9.17, 15) is 0 Å². The largest absolute Gasteiger partial charge is 0.374 e. The second-order valence-electron chi connectivity index (χ2n) is 16.5. The number of allylic oxidation sites excluding steroid dienone is 6. The Balaban J connectivity index is 1.09. The molecule has 3 aromatic carbocycles. The van der Waals surface area contributed by atoms with Crippen molar-refractivity contribution in [1.29, 1.82) is 0 Å². The van der Waals surface area contributed by atoms with Gasteiger partial charge in [-0.25, -0.2) is 4.99 Å². The third kappa shape index (κ3) is 6.34. The van der Waals surface area contributed by atoms with Crippen LogP contribution in [-0.2, 0) is 10.2 Å². The van der Waals surface area contributed by atoms with Crippen LogP contribution in [0.3, 0.4) is 0 Å². The van der Waals surface area contributed by atoms with Crippen LogP contribution in [0, 0.1) is 23.7 Å². The average Bonchev–Trinajstić information content (AvgIpc) is 3.45. The quantitative estimate of drug-likeness (QED) is 0.238. The van der Waals surface area contributed by atoms with Gasteiger partial charge in [-0.3, -0.25) is 4.99 Å². The Morgan fingerprint density at radius 2 is 1.54 bits per heavy atom. The highest BCUT2D eigenvalue weighted by atomic mass is 16.5. The molecule has 4 aliphatic carbocycles. The van der Waals surface area contributed by atoms with Crippen molar-refractivity contribution in [1.82, 2.24) is 0 Å². The van der Waals surface area contributed by atoms with E-state index in [2.05, 4.69) is 134 Å². The molecule has 2 aliphatic heterocycles. The Morgan fingerprint density at radius 3 is 2.35 bits per heavy atom. The molecule has 0 aromatic heterocycles. The van der Waals surface area contributed by atoms with E-state index in [1.54, 1.807) is 5.56 Å². The number of amidine groups is 1. The molecule has 9 unspecified atom stereocenters. The molecule has 52 heavy (non-hydrogen) atoms. The van der Waals surface area contributed by atoms with Gasteiger partial charge in [0.25, 0.3) is 0 Å². The number of benzene rings is 3. The van der Waals surface area contributed by atoms with Crippen LogP contribution in [0.5, 0.6) is 0 Å². The van der Waals surface area contributed by atoms with Gasteiger partial charge in [-0.1, -0.05) is 147 Å². The summed E-state index contributed by atoms with van der Waals surface area (Å²) in [5.74, 6) is 3.46. The number of aliphatic imine (C=N–C) groups is 2. The normalized spacial score (nSPS) is 34.3. The van der Waals surface area contributed by atoms with Crippen molar-refractivity contribution in [3.8, 4) is 0 Å². The van der Waals surface area contributed by atoms with Crippen LogP contribution < -0.4 is 0 Å². The third-order valence-corrected chi connectivity index (χ3v) is 13.5. The molecule has 3 heteroatoms. The Labute approximate surface area is 311 Å². The lowest BCUT2D eigenvalue weighted by Gasteiger charge is -2.61. The van der Waals surface area contributed by atoms with E-state index in [-0.39, 0.29) is 11.5 Å². The van der Waals surface area contributed by atoms with Crippen LogP contribution in [0.25, 0.3) is 0 Å². The highest BCUT2D eigenvalue weighted by molar-refractivity contribution is 6.13. The van der Waals surface area contributed by atoms with Crippen molar-refractivity contribution in [2.24, 2.45) is 33.7 Å². The average molecular weight is 687 g/mol. The molecule has 1 saturated carbocycles. The molecule has 266 valence electrons. The number of ether oxygens (including phenoxy) is 1. The second kappa shape index (κ2) is 14.7. The summed E-state index contributed by atoms with van der Waals surface area (Å²) in [7, 11) is 0. The summed E-state index contributed by atoms with van der Waals surface area (Å²) in [4.78, 5) is 10.9. The van der Waals surface area contributed by atoms with Gasteiger partial charge >= 0.3 is 0 Å².